The number of piperidine rings is 1. The molecular formula is C33H44F3N3O4. The van der Waals surface area contributed by atoms with E-state index in [1.54, 1.807) is 7.11 Å². The number of aliphatic carboxylic acids is 1. The third kappa shape index (κ3) is 6.44. The van der Waals surface area contributed by atoms with Crippen LogP contribution in [0, 0.1) is 18.8 Å². The number of carboxylic acids is 1. The molecule has 2 aliphatic heterocycles. The van der Waals surface area contributed by atoms with Crippen LogP contribution in [0.25, 0.3) is 0 Å². The maximum Gasteiger partial charge on any atom is 0.430 e. The fourth-order valence-corrected chi connectivity index (χ4v) is 8.51. The zero-order valence-corrected chi connectivity index (χ0v) is 25.2. The number of benzene rings is 1. The summed E-state index contributed by atoms with van der Waals surface area (Å²) in [4.78, 5) is 29.4. The highest BCUT2D eigenvalue weighted by Gasteiger charge is 2.55. The van der Waals surface area contributed by atoms with Gasteiger partial charge in [-0.1, -0.05) is 37.5 Å². The van der Waals surface area contributed by atoms with Crippen molar-refractivity contribution in [3.05, 3.63) is 52.8 Å². The van der Waals surface area contributed by atoms with Gasteiger partial charge in [0.15, 0.2) is 0 Å². The SMILES string of the molecule is COc1ccccc1[C@@H]1CCN(C(=O)[C@@H]2C[NH2+]C[C@]23CCCc2[nH]c(C)cc23)[C@H](C2CCCCC2)C1.O=C([O-])C(F)(F)F. The second-order valence-corrected chi connectivity index (χ2v) is 12.9. The maximum absolute atomic E-state index is 14.6. The first kappa shape index (κ1) is 31.4. The molecule has 7 nitrogen and oxygen atoms in total. The van der Waals surface area contributed by atoms with Gasteiger partial charge in [-0.25, -0.2) is 0 Å². The third-order valence-electron chi connectivity index (χ3n) is 10.4. The molecule has 3 N–H and O–H groups in total. The minimum Gasteiger partial charge on any atom is -0.542 e. The largest absolute Gasteiger partial charge is 0.542 e. The molecule has 236 valence electrons. The lowest BCUT2D eigenvalue weighted by molar-refractivity contribution is -0.640. The number of nitrogens with zero attached hydrogens (tertiary/aromatic N) is 1. The van der Waals surface area contributed by atoms with Gasteiger partial charge in [0.05, 0.1) is 25.6 Å². The topological polar surface area (TPSA) is 102 Å². The van der Waals surface area contributed by atoms with Crippen LogP contribution in [0.4, 0.5) is 13.2 Å². The summed E-state index contributed by atoms with van der Waals surface area (Å²) in [6.07, 6.45) is 6.91. The third-order valence-corrected chi connectivity index (χ3v) is 10.4. The number of aromatic amines is 1. The molecule has 4 aliphatic rings. The van der Waals surface area contributed by atoms with Gasteiger partial charge in [0.2, 0.25) is 5.91 Å². The molecule has 2 aromatic rings. The van der Waals surface area contributed by atoms with Gasteiger partial charge >= 0.3 is 6.18 Å². The Bertz CT molecular complexity index is 1290. The molecule has 1 spiro atoms. The maximum atomic E-state index is 14.6. The number of aryl methyl sites for hydroxylation is 2. The van der Waals surface area contributed by atoms with E-state index in [2.05, 4.69) is 52.5 Å². The molecule has 1 aromatic heterocycles. The number of hydrogen-bond acceptors (Lipinski definition) is 4. The Morgan fingerprint density at radius 1 is 1.12 bits per heavy atom. The average molecular weight is 604 g/mol. The Morgan fingerprint density at radius 2 is 1.84 bits per heavy atom. The number of amides is 1. The van der Waals surface area contributed by atoms with Gasteiger partial charge in [-0.05, 0) is 87.0 Å². The number of halogens is 3. The first-order chi connectivity index (χ1) is 20.5. The second-order valence-electron chi connectivity index (χ2n) is 12.9. The number of nitrogens with two attached hydrogens (primary N) is 1. The van der Waals surface area contributed by atoms with E-state index in [9.17, 15) is 18.0 Å². The number of rotatable bonds is 4. The lowest BCUT2D eigenvalue weighted by atomic mass is 9.65. The molecular weight excluding hydrogens is 559 g/mol. The highest BCUT2D eigenvalue weighted by Crippen LogP contribution is 2.47. The number of quaternary nitrogens is 1. The number of hydrogen-bond donors (Lipinski definition) is 2. The minimum absolute atomic E-state index is 0.00599. The number of para-hydroxylation sites is 1. The van der Waals surface area contributed by atoms with E-state index in [0.717, 1.165) is 51.1 Å². The van der Waals surface area contributed by atoms with Gasteiger partial charge in [0.25, 0.3) is 0 Å². The molecule has 2 saturated heterocycles. The number of alkyl halides is 3. The molecule has 0 unspecified atom stereocenters. The van der Waals surface area contributed by atoms with Crippen molar-refractivity contribution in [3.8, 4) is 5.75 Å². The first-order valence-corrected chi connectivity index (χ1v) is 15.8. The van der Waals surface area contributed by atoms with Crippen molar-refractivity contribution in [2.45, 2.75) is 94.7 Å². The Hall–Kier alpha value is -3.01. The predicted molar refractivity (Wildman–Crippen MR) is 153 cm³/mol. The lowest BCUT2D eigenvalue weighted by Gasteiger charge is -2.47. The highest BCUT2D eigenvalue weighted by atomic mass is 19.4. The van der Waals surface area contributed by atoms with E-state index in [4.69, 9.17) is 14.6 Å². The van der Waals surface area contributed by atoms with Gasteiger partial charge in [-0.3, -0.25) is 4.79 Å². The van der Waals surface area contributed by atoms with Crippen molar-refractivity contribution >= 4 is 11.9 Å². The number of H-pyrrole nitrogens is 1. The van der Waals surface area contributed by atoms with Crippen molar-refractivity contribution in [2.24, 2.45) is 11.8 Å². The van der Waals surface area contributed by atoms with Crippen molar-refractivity contribution in [1.29, 1.82) is 0 Å². The molecule has 1 aromatic carbocycles. The van der Waals surface area contributed by atoms with Crippen LogP contribution < -0.4 is 15.2 Å². The Kier molecular flexibility index (Phi) is 9.44. The lowest BCUT2D eigenvalue weighted by Crippen LogP contribution is -2.82. The van der Waals surface area contributed by atoms with Crippen molar-refractivity contribution in [1.82, 2.24) is 9.88 Å². The van der Waals surface area contributed by atoms with E-state index >= 15 is 0 Å². The zero-order valence-electron chi connectivity index (χ0n) is 25.2. The van der Waals surface area contributed by atoms with Crippen LogP contribution in [-0.2, 0) is 21.4 Å². The zero-order chi connectivity index (χ0) is 30.8. The van der Waals surface area contributed by atoms with Crippen LogP contribution >= 0.6 is 0 Å². The van der Waals surface area contributed by atoms with Crippen LogP contribution in [-0.4, -0.2) is 60.7 Å². The molecule has 43 heavy (non-hydrogen) atoms. The summed E-state index contributed by atoms with van der Waals surface area (Å²) >= 11 is 0. The minimum atomic E-state index is -5.19. The number of methoxy groups -OCH3 is 1. The Balaban J connectivity index is 0.000000472. The van der Waals surface area contributed by atoms with Crippen LogP contribution in [0.3, 0.4) is 0 Å². The van der Waals surface area contributed by atoms with Gasteiger partial charge in [-0.15, -0.1) is 0 Å². The number of ether oxygens (including phenoxy) is 1. The van der Waals surface area contributed by atoms with Crippen molar-refractivity contribution in [3.63, 3.8) is 0 Å². The van der Waals surface area contributed by atoms with Gasteiger partial charge < -0.3 is 29.8 Å². The fraction of sp³-hybridized carbons (Fsp3) is 0.636. The van der Waals surface area contributed by atoms with Gasteiger partial charge in [0, 0.05) is 24.0 Å². The fourth-order valence-electron chi connectivity index (χ4n) is 8.51. The number of carbonyl (C=O) groups excluding carboxylic acids is 2. The van der Waals surface area contributed by atoms with Crippen LogP contribution in [0.15, 0.2) is 30.3 Å². The van der Waals surface area contributed by atoms with Crippen LogP contribution in [0.5, 0.6) is 5.75 Å². The molecule has 0 radical (unpaired) electrons. The second kappa shape index (κ2) is 12.9. The molecule has 0 bridgehead atoms. The monoisotopic (exact) mass is 603 g/mol. The number of nitrogens with one attached hydrogen (secondary N) is 1. The van der Waals surface area contributed by atoms with Crippen LogP contribution in [0.1, 0.15) is 86.2 Å². The van der Waals surface area contributed by atoms with Crippen LogP contribution in [0.2, 0.25) is 0 Å². The summed E-state index contributed by atoms with van der Waals surface area (Å²) in [6, 6.07) is 11.3. The first-order valence-electron chi connectivity index (χ1n) is 15.8. The summed E-state index contributed by atoms with van der Waals surface area (Å²) in [6.45, 7) is 5.05. The van der Waals surface area contributed by atoms with Gasteiger partial charge in [0.1, 0.15) is 17.6 Å². The van der Waals surface area contributed by atoms with Gasteiger partial charge in [-0.2, -0.15) is 13.2 Å². The van der Waals surface area contributed by atoms with E-state index in [-0.39, 0.29) is 11.3 Å². The van der Waals surface area contributed by atoms with Crippen molar-refractivity contribution in [2.75, 3.05) is 26.7 Å². The van der Waals surface area contributed by atoms with E-state index in [1.807, 2.05) is 0 Å². The molecule has 1 amide bonds. The average Bonchev–Trinajstić information content (AvgIpc) is 3.61. The van der Waals surface area contributed by atoms with Crippen molar-refractivity contribution < 1.29 is 37.9 Å². The quantitative estimate of drug-likeness (QED) is 0.556. The number of fused-ring (bicyclic) bond motifs is 2. The predicted octanol–water partition coefficient (Wildman–Crippen LogP) is 3.75. The molecule has 1 saturated carbocycles. The smallest absolute Gasteiger partial charge is 0.430 e. The summed E-state index contributed by atoms with van der Waals surface area (Å²) in [5.74, 6) is -0.350. The molecule has 6 rings (SSSR count). The Morgan fingerprint density at radius 3 is 2.53 bits per heavy atom. The normalized spacial score (nSPS) is 27.7. The summed E-state index contributed by atoms with van der Waals surface area (Å²) < 4.78 is 37.3. The molecule has 3 heterocycles. The standard InChI is InChI=1S/C31H43N3O2.C2HF3O2/c1-21-17-25-27(33-21)12-8-15-31(25)20-32-19-26(31)30(35)34-16-14-23(24-11-6-7-13-29(24)36-2)18-28(34)22-9-4-3-5-10-22;3-2(4,5)1(6)7/h6-7,11,13,17,22-23,26,28,32-33H,3-5,8-10,12,14-16,18-20H2,1-2H3;(H,6,7)/t23-,26+,28+,31+;/m1./s1. The number of carboxylic acid groups (broad SMARTS) is 1. The number of likely N-dealkylation sites (tertiary alicyclic amines) is 1. The molecule has 10 heteroatoms. The molecule has 2 aliphatic carbocycles. The molecule has 4 atom stereocenters. The summed E-state index contributed by atoms with van der Waals surface area (Å²) in [5.41, 5.74) is 5.43. The summed E-state index contributed by atoms with van der Waals surface area (Å²) in [5, 5.41) is 11.2. The summed E-state index contributed by atoms with van der Waals surface area (Å²) in [7, 11) is 1.79. The van der Waals surface area contributed by atoms with E-state index in [0.29, 0.717) is 23.8 Å². The Labute approximate surface area is 251 Å². The highest BCUT2D eigenvalue weighted by molar-refractivity contribution is 5.82. The number of carbonyl (C=O) groups is 2. The van der Waals surface area contributed by atoms with E-state index in [1.165, 1.54) is 61.0 Å². The molecule has 3 fully saturated rings. The van der Waals surface area contributed by atoms with E-state index < -0.39 is 12.1 Å². The number of aromatic nitrogens is 1.